The van der Waals surface area contributed by atoms with Crippen LogP contribution in [0, 0.1) is 0 Å². The summed E-state index contributed by atoms with van der Waals surface area (Å²) in [6.07, 6.45) is 1.65. The summed E-state index contributed by atoms with van der Waals surface area (Å²) in [7, 11) is -3.80. The van der Waals surface area contributed by atoms with Gasteiger partial charge in [-0.2, -0.15) is 0 Å². The van der Waals surface area contributed by atoms with Crippen LogP contribution < -0.4 is 10.0 Å². The number of benzene rings is 3. The lowest BCUT2D eigenvalue weighted by Crippen LogP contribution is -2.15. The van der Waals surface area contributed by atoms with Crippen LogP contribution in [0.25, 0.3) is 11.4 Å². The van der Waals surface area contributed by atoms with Crippen molar-refractivity contribution in [2.24, 2.45) is 0 Å². The molecule has 0 saturated heterocycles. The number of nitrogens with one attached hydrogen (secondary N) is 2. The van der Waals surface area contributed by atoms with Crippen molar-refractivity contribution < 1.29 is 13.2 Å². The molecule has 0 atom stereocenters. The first-order valence-electron chi connectivity index (χ1n) is 10.0. The third-order valence-corrected chi connectivity index (χ3v) is 6.51. The van der Waals surface area contributed by atoms with Crippen LogP contribution in [0.2, 0.25) is 5.02 Å². The molecule has 0 fully saturated rings. The molecule has 0 aliphatic heterocycles. The van der Waals surface area contributed by atoms with Crippen molar-refractivity contribution in [2.45, 2.75) is 18.4 Å². The van der Waals surface area contributed by atoms with Crippen LogP contribution in [0.4, 0.5) is 11.4 Å². The molecule has 2 N–H and O–H groups in total. The predicted octanol–water partition coefficient (Wildman–Crippen LogP) is 4.67. The summed E-state index contributed by atoms with van der Waals surface area (Å²) >= 11 is 5.83. The zero-order valence-corrected chi connectivity index (χ0v) is 19.1. The van der Waals surface area contributed by atoms with Crippen molar-refractivity contribution in [1.29, 1.82) is 0 Å². The van der Waals surface area contributed by atoms with Gasteiger partial charge in [0.2, 0.25) is 0 Å². The number of carbonyl (C=O) groups is 1. The second-order valence-corrected chi connectivity index (χ2v) is 9.23. The molecule has 4 rings (SSSR count). The molecule has 0 saturated carbocycles. The largest absolute Gasteiger partial charge is 0.322 e. The summed E-state index contributed by atoms with van der Waals surface area (Å²) in [5.41, 5.74) is 2.12. The molecule has 0 bridgehead atoms. The van der Waals surface area contributed by atoms with E-state index >= 15 is 0 Å². The van der Waals surface area contributed by atoms with E-state index in [1.807, 2.05) is 29.7 Å². The van der Waals surface area contributed by atoms with Gasteiger partial charge in [-0.05, 0) is 67.6 Å². The summed E-state index contributed by atoms with van der Waals surface area (Å²) in [5, 5.41) is 11.4. The first kappa shape index (κ1) is 22.5. The summed E-state index contributed by atoms with van der Waals surface area (Å²) in [4.78, 5) is 12.7. The zero-order chi connectivity index (χ0) is 23.4. The molecule has 8 nitrogen and oxygen atoms in total. The van der Waals surface area contributed by atoms with E-state index in [0.717, 1.165) is 12.1 Å². The Morgan fingerprint density at radius 3 is 2.42 bits per heavy atom. The van der Waals surface area contributed by atoms with Gasteiger partial charge in [0.1, 0.15) is 6.33 Å². The lowest BCUT2D eigenvalue weighted by atomic mass is 10.1. The van der Waals surface area contributed by atoms with Crippen LogP contribution in [0.5, 0.6) is 0 Å². The fourth-order valence-corrected chi connectivity index (χ4v) is 4.35. The Morgan fingerprint density at radius 2 is 1.73 bits per heavy atom. The average molecular weight is 482 g/mol. The zero-order valence-electron chi connectivity index (χ0n) is 17.6. The summed E-state index contributed by atoms with van der Waals surface area (Å²) in [6.45, 7) is 2.72. The van der Waals surface area contributed by atoms with E-state index in [4.69, 9.17) is 11.6 Å². The standard InChI is InChI=1S/C23H20ClN5O3S/c1-2-29-15-25-27-22(29)17-4-3-5-20(14-17)26-23(30)16-6-12-21(13-7-16)33(31,32)28-19-10-8-18(24)9-11-19/h3-15,28H,2H2,1H3,(H,26,30). The van der Waals surface area contributed by atoms with Gasteiger partial charge in [0.05, 0.1) is 4.90 Å². The van der Waals surface area contributed by atoms with Crippen LogP contribution in [-0.4, -0.2) is 29.1 Å². The quantitative estimate of drug-likeness (QED) is 0.399. The molecule has 0 spiro atoms. The Bertz CT molecular complexity index is 1380. The SMILES string of the molecule is CCn1cnnc1-c1cccc(NC(=O)c2ccc(S(=O)(=O)Nc3ccc(Cl)cc3)cc2)c1. The van der Waals surface area contributed by atoms with E-state index in [-0.39, 0.29) is 10.8 Å². The fourth-order valence-electron chi connectivity index (χ4n) is 3.17. The molecule has 1 amide bonds. The Kier molecular flexibility index (Phi) is 6.43. The molecule has 4 aromatic rings. The topological polar surface area (TPSA) is 106 Å². The molecular weight excluding hydrogens is 462 g/mol. The molecule has 0 unspecified atom stereocenters. The van der Waals surface area contributed by atoms with Gasteiger partial charge in [-0.15, -0.1) is 10.2 Å². The minimum Gasteiger partial charge on any atom is -0.322 e. The van der Waals surface area contributed by atoms with Gasteiger partial charge >= 0.3 is 0 Å². The second-order valence-electron chi connectivity index (χ2n) is 7.11. The monoisotopic (exact) mass is 481 g/mol. The number of aromatic nitrogens is 3. The Hall–Kier alpha value is -3.69. The number of amides is 1. The first-order chi connectivity index (χ1) is 15.9. The van der Waals surface area contributed by atoms with E-state index in [1.165, 1.54) is 24.3 Å². The number of hydrogen-bond acceptors (Lipinski definition) is 5. The molecule has 1 aromatic heterocycles. The van der Waals surface area contributed by atoms with Gasteiger partial charge in [-0.1, -0.05) is 23.7 Å². The maximum atomic E-state index is 12.7. The van der Waals surface area contributed by atoms with Gasteiger partial charge < -0.3 is 9.88 Å². The normalized spacial score (nSPS) is 11.2. The van der Waals surface area contributed by atoms with Crippen molar-refractivity contribution in [2.75, 3.05) is 10.0 Å². The molecule has 3 aromatic carbocycles. The molecule has 0 radical (unpaired) electrons. The highest BCUT2D eigenvalue weighted by molar-refractivity contribution is 7.92. The number of carbonyl (C=O) groups excluding carboxylic acids is 1. The lowest BCUT2D eigenvalue weighted by Gasteiger charge is -2.10. The highest BCUT2D eigenvalue weighted by atomic mass is 35.5. The van der Waals surface area contributed by atoms with E-state index in [2.05, 4.69) is 20.2 Å². The van der Waals surface area contributed by atoms with Crippen LogP contribution in [-0.2, 0) is 16.6 Å². The van der Waals surface area contributed by atoms with Crippen LogP contribution in [0.1, 0.15) is 17.3 Å². The van der Waals surface area contributed by atoms with Gasteiger partial charge in [0, 0.05) is 34.1 Å². The average Bonchev–Trinajstić information content (AvgIpc) is 3.30. The highest BCUT2D eigenvalue weighted by Crippen LogP contribution is 2.22. The van der Waals surface area contributed by atoms with Gasteiger partial charge in [0.15, 0.2) is 5.82 Å². The number of aryl methyl sites for hydroxylation is 1. The van der Waals surface area contributed by atoms with Crippen LogP contribution in [0.3, 0.4) is 0 Å². The van der Waals surface area contributed by atoms with E-state index in [9.17, 15) is 13.2 Å². The summed E-state index contributed by atoms with van der Waals surface area (Å²) in [5.74, 6) is 0.343. The number of rotatable bonds is 7. The summed E-state index contributed by atoms with van der Waals surface area (Å²) < 4.78 is 29.6. The number of sulfonamides is 1. The van der Waals surface area contributed by atoms with Crippen LogP contribution >= 0.6 is 11.6 Å². The smallest absolute Gasteiger partial charge is 0.261 e. The fraction of sp³-hybridized carbons (Fsp3) is 0.0870. The molecule has 33 heavy (non-hydrogen) atoms. The van der Waals surface area contributed by atoms with Gasteiger partial charge in [0.25, 0.3) is 15.9 Å². The van der Waals surface area contributed by atoms with Crippen molar-refractivity contribution in [1.82, 2.24) is 14.8 Å². The van der Waals surface area contributed by atoms with Gasteiger partial charge in [-0.3, -0.25) is 9.52 Å². The number of nitrogens with zero attached hydrogens (tertiary/aromatic N) is 3. The minimum absolute atomic E-state index is 0.0369. The van der Waals surface area contributed by atoms with E-state index in [1.54, 1.807) is 36.7 Å². The second kappa shape index (κ2) is 9.43. The summed E-state index contributed by atoms with van der Waals surface area (Å²) in [6, 6.07) is 19.3. The Labute approximate surface area is 196 Å². The number of hydrogen-bond donors (Lipinski definition) is 2. The number of anilines is 2. The van der Waals surface area contributed by atoms with E-state index in [0.29, 0.717) is 27.8 Å². The first-order valence-corrected chi connectivity index (χ1v) is 11.9. The predicted molar refractivity (Wildman–Crippen MR) is 128 cm³/mol. The third-order valence-electron chi connectivity index (χ3n) is 4.86. The van der Waals surface area contributed by atoms with E-state index < -0.39 is 10.0 Å². The molecule has 168 valence electrons. The Morgan fingerprint density at radius 1 is 1.00 bits per heavy atom. The van der Waals surface area contributed by atoms with Crippen molar-refractivity contribution in [3.05, 3.63) is 89.7 Å². The highest BCUT2D eigenvalue weighted by Gasteiger charge is 2.16. The Balaban J connectivity index is 1.48. The molecule has 10 heteroatoms. The molecule has 1 heterocycles. The van der Waals surface area contributed by atoms with Crippen LogP contribution in [0.15, 0.2) is 84.0 Å². The molecule has 0 aliphatic rings. The maximum absolute atomic E-state index is 12.7. The van der Waals surface area contributed by atoms with Crippen molar-refractivity contribution in [3.8, 4) is 11.4 Å². The molecule has 0 aliphatic carbocycles. The third kappa shape index (κ3) is 5.21. The molecular formula is C23H20ClN5O3S. The minimum atomic E-state index is -3.80. The van der Waals surface area contributed by atoms with Crippen molar-refractivity contribution in [3.63, 3.8) is 0 Å². The number of halogens is 1. The van der Waals surface area contributed by atoms with Crippen molar-refractivity contribution >= 4 is 38.9 Å². The maximum Gasteiger partial charge on any atom is 0.261 e. The van der Waals surface area contributed by atoms with Gasteiger partial charge in [-0.25, -0.2) is 8.42 Å². The lowest BCUT2D eigenvalue weighted by molar-refractivity contribution is 0.102.